The zero-order valence-corrected chi connectivity index (χ0v) is 11.0. The third kappa shape index (κ3) is 2.65. The highest BCUT2D eigenvalue weighted by molar-refractivity contribution is 9.10. The Morgan fingerprint density at radius 2 is 2.19 bits per heavy atom. The highest BCUT2D eigenvalue weighted by Gasteiger charge is 2.31. The quantitative estimate of drug-likeness (QED) is 0.893. The van der Waals surface area contributed by atoms with Crippen molar-refractivity contribution in [1.82, 2.24) is 5.32 Å². The second kappa shape index (κ2) is 5.30. The van der Waals surface area contributed by atoms with E-state index in [1.807, 2.05) is 6.07 Å². The van der Waals surface area contributed by atoms with E-state index in [9.17, 15) is 5.11 Å². The molecule has 0 amide bonds. The van der Waals surface area contributed by atoms with E-state index >= 15 is 0 Å². The average molecular weight is 284 g/mol. The van der Waals surface area contributed by atoms with E-state index in [4.69, 9.17) is 0 Å². The lowest BCUT2D eigenvalue weighted by Crippen LogP contribution is -2.44. The second-order valence-electron chi connectivity index (χ2n) is 4.71. The maximum absolute atomic E-state index is 9.64. The molecule has 1 atom stereocenters. The van der Waals surface area contributed by atoms with Crippen LogP contribution in [0.5, 0.6) is 0 Å². The first-order valence-corrected chi connectivity index (χ1v) is 6.60. The number of hydrogen-bond donors (Lipinski definition) is 2. The summed E-state index contributed by atoms with van der Waals surface area (Å²) in [5, 5.41) is 13.0. The minimum Gasteiger partial charge on any atom is -0.396 e. The molecule has 0 spiro atoms. The van der Waals surface area contributed by atoms with Crippen LogP contribution in [0.3, 0.4) is 0 Å². The average Bonchev–Trinajstić information content (AvgIpc) is 2.33. The molecule has 1 aliphatic rings. The third-order valence-corrected chi connectivity index (χ3v) is 4.19. The van der Waals surface area contributed by atoms with Gasteiger partial charge in [0.2, 0.25) is 0 Å². The van der Waals surface area contributed by atoms with Gasteiger partial charge >= 0.3 is 0 Å². The van der Waals surface area contributed by atoms with Crippen LogP contribution in [0.25, 0.3) is 0 Å². The molecule has 0 saturated carbocycles. The molecule has 1 fully saturated rings. The number of hydrogen-bond acceptors (Lipinski definition) is 2. The SMILES string of the molecule is OCC1(Cc2ccccc2Br)CCCNC1. The first-order chi connectivity index (χ1) is 7.76. The van der Waals surface area contributed by atoms with E-state index < -0.39 is 0 Å². The molecule has 2 nitrogen and oxygen atoms in total. The molecule has 0 aromatic heterocycles. The summed E-state index contributed by atoms with van der Waals surface area (Å²) in [6.45, 7) is 2.27. The third-order valence-electron chi connectivity index (χ3n) is 3.42. The topological polar surface area (TPSA) is 32.3 Å². The number of aliphatic hydroxyl groups is 1. The zero-order chi connectivity index (χ0) is 11.4. The Morgan fingerprint density at radius 3 is 2.81 bits per heavy atom. The lowest BCUT2D eigenvalue weighted by molar-refractivity contribution is 0.0946. The van der Waals surface area contributed by atoms with E-state index in [1.165, 1.54) is 5.56 Å². The normalized spacial score (nSPS) is 25.6. The van der Waals surface area contributed by atoms with Gasteiger partial charge in [-0.25, -0.2) is 0 Å². The predicted octanol–water partition coefficient (Wildman–Crippen LogP) is 2.35. The Labute approximate surface area is 105 Å². The monoisotopic (exact) mass is 283 g/mol. The summed E-state index contributed by atoms with van der Waals surface area (Å²) in [4.78, 5) is 0. The van der Waals surface area contributed by atoms with Gasteiger partial charge in [-0.05, 0) is 37.4 Å². The molecular formula is C13H18BrNO. The number of aliphatic hydroxyl groups excluding tert-OH is 1. The fourth-order valence-electron chi connectivity index (χ4n) is 2.42. The van der Waals surface area contributed by atoms with E-state index in [-0.39, 0.29) is 12.0 Å². The fraction of sp³-hybridized carbons (Fsp3) is 0.538. The van der Waals surface area contributed by atoms with Crippen LogP contribution >= 0.6 is 15.9 Å². The van der Waals surface area contributed by atoms with Gasteiger partial charge in [-0.1, -0.05) is 34.1 Å². The van der Waals surface area contributed by atoms with Crippen molar-refractivity contribution in [3.8, 4) is 0 Å². The van der Waals surface area contributed by atoms with Crippen molar-refractivity contribution in [3.05, 3.63) is 34.3 Å². The first-order valence-electron chi connectivity index (χ1n) is 5.81. The Balaban J connectivity index is 2.15. The van der Waals surface area contributed by atoms with Crippen LogP contribution in [0.4, 0.5) is 0 Å². The molecule has 1 unspecified atom stereocenters. The van der Waals surface area contributed by atoms with Crippen molar-refractivity contribution in [1.29, 1.82) is 0 Å². The van der Waals surface area contributed by atoms with E-state index in [1.54, 1.807) is 0 Å². The largest absolute Gasteiger partial charge is 0.396 e. The molecule has 3 heteroatoms. The van der Waals surface area contributed by atoms with Crippen LogP contribution in [0.15, 0.2) is 28.7 Å². The Hall–Kier alpha value is -0.380. The molecular weight excluding hydrogens is 266 g/mol. The van der Waals surface area contributed by atoms with E-state index in [2.05, 4.69) is 39.4 Å². The summed E-state index contributed by atoms with van der Waals surface area (Å²) in [7, 11) is 0. The molecule has 1 saturated heterocycles. The van der Waals surface area contributed by atoms with Crippen LogP contribution in [-0.2, 0) is 6.42 Å². The van der Waals surface area contributed by atoms with Crippen molar-refractivity contribution in [2.45, 2.75) is 19.3 Å². The van der Waals surface area contributed by atoms with E-state index in [0.717, 1.165) is 36.8 Å². The Morgan fingerprint density at radius 1 is 1.38 bits per heavy atom. The molecule has 1 heterocycles. The van der Waals surface area contributed by atoms with Gasteiger partial charge in [0.05, 0.1) is 6.61 Å². The number of piperidine rings is 1. The molecule has 1 aromatic carbocycles. The minimum absolute atomic E-state index is 0.0299. The van der Waals surface area contributed by atoms with Gasteiger partial charge in [-0.2, -0.15) is 0 Å². The highest BCUT2D eigenvalue weighted by atomic mass is 79.9. The van der Waals surface area contributed by atoms with Crippen LogP contribution in [-0.4, -0.2) is 24.8 Å². The van der Waals surface area contributed by atoms with Crippen LogP contribution in [0.2, 0.25) is 0 Å². The summed E-state index contributed by atoms with van der Waals surface area (Å²) < 4.78 is 1.15. The molecule has 0 bridgehead atoms. The molecule has 1 aromatic rings. The minimum atomic E-state index is 0.0299. The van der Waals surface area contributed by atoms with E-state index in [0.29, 0.717) is 0 Å². The summed E-state index contributed by atoms with van der Waals surface area (Å²) in [5.74, 6) is 0. The first kappa shape index (κ1) is 12.1. The fourth-order valence-corrected chi connectivity index (χ4v) is 2.84. The number of halogens is 1. The maximum atomic E-state index is 9.64. The highest BCUT2D eigenvalue weighted by Crippen LogP contribution is 2.32. The number of benzene rings is 1. The predicted molar refractivity (Wildman–Crippen MR) is 69.5 cm³/mol. The molecule has 0 aliphatic carbocycles. The summed E-state index contributed by atoms with van der Waals surface area (Å²) in [6.07, 6.45) is 3.21. The van der Waals surface area contributed by atoms with Gasteiger partial charge in [-0.3, -0.25) is 0 Å². The molecule has 2 rings (SSSR count). The van der Waals surface area contributed by atoms with Gasteiger partial charge < -0.3 is 10.4 Å². The van der Waals surface area contributed by atoms with Crippen molar-refractivity contribution < 1.29 is 5.11 Å². The lowest BCUT2D eigenvalue weighted by Gasteiger charge is -2.36. The van der Waals surface area contributed by atoms with Gasteiger partial charge in [0, 0.05) is 16.4 Å². The lowest BCUT2D eigenvalue weighted by atomic mass is 9.76. The Kier molecular flexibility index (Phi) is 4.00. The van der Waals surface area contributed by atoms with Gasteiger partial charge in [0.15, 0.2) is 0 Å². The summed E-state index contributed by atoms with van der Waals surface area (Å²) >= 11 is 3.57. The molecule has 88 valence electrons. The van der Waals surface area contributed by atoms with Gasteiger partial charge in [0.25, 0.3) is 0 Å². The molecule has 2 N–H and O–H groups in total. The van der Waals surface area contributed by atoms with Crippen molar-refractivity contribution in [3.63, 3.8) is 0 Å². The smallest absolute Gasteiger partial charge is 0.0502 e. The van der Waals surface area contributed by atoms with Gasteiger partial charge in [0.1, 0.15) is 0 Å². The summed E-state index contributed by atoms with van der Waals surface area (Å²) in [6, 6.07) is 8.28. The number of rotatable bonds is 3. The van der Waals surface area contributed by atoms with Crippen molar-refractivity contribution in [2.75, 3.05) is 19.7 Å². The maximum Gasteiger partial charge on any atom is 0.0502 e. The summed E-state index contributed by atoms with van der Waals surface area (Å²) in [5.41, 5.74) is 1.32. The van der Waals surface area contributed by atoms with Crippen molar-refractivity contribution >= 4 is 15.9 Å². The van der Waals surface area contributed by atoms with Crippen LogP contribution in [0, 0.1) is 5.41 Å². The van der Waals surface area contributed by atoms with Crippen molar-refractivity contribution in [2.24, 2.45) is 5.41 Å². The van der Waals surface area contributed by atoms with Gasteiger partial charge in [-0.15, -0.1) is 0 Å². The molecule has 1 aliphatic heterocycles. The standard InChI is InChI=1S/C13H18BrNO/c14-12-5-2-1-4-11(12)8-13(10-16)6-3-7-15-9-13/h1-2,4-5,15-16H,3,6-10H2. The molecule has 16 heavy (non-hydrogen) atoms. The molecule has 0 radical (unpaired) electrons. The van der Waals surface area contributed by atoms with Crippen LogP contribution < -0.4 is 5.32 Å². The van der Waals surface area contributed by atoms with Crippen LogP contribution in [0.1, 0.15) is 18.4 Å². The second-order valence-corrected chi connectivity index (χ2v) is 5.56. The number of nitrogens with one attached hydrogen (secondary N) is 1. The Bertz CT molecular complexity index is 348. The zero-order valence-electron chi connectivity index (χ0n) is 9.38.